The summed E-state index contributed by atoms with van der Waals surface area (Å²) in [5, 5.41) is 5.12. The lowest BCUT2D eigenvalue weighted by Gasteiger charge is -2.06. The lowest BCUT2D eigenvalue weighted by Crippen LogP contribution is -2.28. The molecule has 1 aromatic rings. The molecule has 2 rings (SSSR count). The zero-order valence-electron chi connectivity index (χ0n) is 8.27. The van der Waals surface area contributed by atoms with Crippen molar-refractivity contribution in [2.45, 2.75) is 13.3 Å². The summed E-state index contributed by atoms with van der Waals surface area (Å²) in [7, 11) is 0. The summed E-state index contributed by atoms with van der Waals surface area (Å²) < 4.78 is 5.03. The van der Waals surface area contributed by atoms with Gasteiger partial charge in [-0.3, -0.25) is 9.59 Å². The van der Waals surface area contributed by atoms with Crippen molar-refractivity contribution in [2.75, 3.05) is 6.54 Å². The van der Waals surface area contributed by atoms with E-state index in [9.17, 15) is 9.59 Å². The Hall–Kier alpha value is -1.91. The first-order valence-corrected chi connectivity index (χ1v) is 4.72. The number of ketones is 1. The minimum atomic E-state index is -0.599. The monoisotopic (exact) mass is 206 g/mol. The number of amides is 1. The highest BCUT2D eigenvalue weighted by atomic mass is 16.3. The van der Waals surface area contributed by atoms with Crippen LogP contribution in [0.25, 0.3) is 0 Å². The van der Waals surface area contributed by atoms with E-state index < -0.39 is 11.7 Å². The van der Waals surface area contributed by atoms with Gasteiger partial charge in [-0.05, 0) is 18.6 Å². The largest absolute Gasteiger partial charge is 0.462 e. The fourth-order valence-electron chi connectivity index (χ4n) is 1.37. The van der Waals surface area contributed by atoms with Crippen LogP contribution in [-0.4, -0.2) is 29.0 Å². The summed E-state index contributed by atoms with van der Waals surface area (Å²) in [6.45, 7) is 2.37. The Bertz CT molecular complexity index is 420. The van der Waals surface area contributed by atoms with Gasteiger partial charge in [-0.2, -0.15) is 5.10 Å². The first-order chi connectivity index (χ1) is 7.24. The Labute approximate surface area is 86.4 Å². The van der Waals surface area contributed by atoms with Crippen LogP contribution in [0, 0.1) is 0 Å². The predicted molar refractivity (Wildman–Crippen MR) is 52.3 cm³/mol. The van der Waals surface area contributed by atoms with Gasteiger partial charge in [0.25, 0.3) is 5.78 Å². The van der Waals surface area contributed by atoms with Crippen LogP contribution in [0.4, 0.5) is 0 Å². The molecule has 5 nitrogen and oxygen atoms in total. The van der Waals surface area contributed by atoms with E-state index in [1.165, 1.54) is 11.3 Å². The van der Waals surface area contributed by atoms with Crippen LogP contribution in [0.1, 0.15) is 19.1 Å². The molecule has 0 atom stereocenters. The normalized spacial score (nSPS) is 16.1. The fourth-order valence-corrected chi connectivity index (χ4v) is 1.37. The van der Waals surface area contributed by atoms with Crippen molar-refractivity contribution < 1.29 is 14.0 Å². The number of nitrogens with zero attached hydrogens (tertiary/aromatic N) is 2. The van der Waals surface area contributed by atoms with E-state index >= 15 is 0 Å². The SMILES string of the molecule is CCCN1N=C(c2ccco2)C(=O)C1=O. The molecule has 1 amide bonds. The number of carbonyl (C=O) groups excluding carboxylic acids is 2. The Balaban J connectivity index is 2.30. The van der Waals surface area contributed by atoms with Gasteiger partial charge in [-0.15, -0.1) is 0 Å². The minimum Gasteiger partial charge on any atom is -0.462 e. The number of carbonyl (C=O) groups is 2. The molecule has 0 N–H and O–H groups in total. The van der Waals surface area contributed by atoms with Crippen LogP contribution in [0.3, 0.4) is 0 Å². The summed E-state index contributed by atoms with van der Waals surface area (Å²) in [4.78, 5) is 22.9. The van der Waals surface area contributed by atoms with E-state index in [1.54, 1.807) is 12.1 Å². The van der Waals surface area contributed by atoms with Crippen LogP contribution < -0.4 is 0 Å². The summed E-state index contributed by atoms with van der Waals surface area (Å²) in [6, 6.07) is 3.26. The molecule has 0 aromatic carbocycles. The zero-order chi connectivity index (χ0) is 10.8. The summed E-state index contributed by atoms with van der Waals surface area (Å²) in [5.41, 5.74) is 0.0958. The van der Waals surface area contributed by atoms with E-state index in [0.29, 0.717) is 12.3 Å². The molecule has 1 aliphatic heterocycles. The molecule has 0 bridgehead atoms. The zero-order valence-corrected chi connectivity index (χ0v) is 8.27. The first kappa shape index (κ1) is 9.64. The molecular formula is C10H10N2O3. The molecule has 0 saturated carbocycles. The van der Waals surface area contributed by atoms with Gasteiger partial charge in [0.05, 0.1) is 6.26 Å². The molecule has 0 spiro atoms. The van der Waals surface area contributed by atoms with Gasteiger partial charge >= 0.3 is 5.91 Å². The Morgan fingerprint density at radius 2 is 2.27 bits per heavy atom. The molecule has 5 heteroatoms. The van der Waals surface area contributed by atoms with Gasteiger partial charge in [0, 0.05) is 6.54 Å². The van der Waals surface area contributed by atoms with Crippen molar-refractivity contribution in [1.29, 1.82) is 0 Å². The average molecular weight is 206 g/mol. The van der Waals surface area contributed by atoms with Gasteiger partial charge in [0.2, 0.25) is 0 Å². The molecule has 0 radical (unpaired) electrons. The van der Waals surface area contributed by atoms with Gasteiger partial charge in [-0.1, -0.05) is 6.92 Å². The maximum absolute atomic E-state index is 11.5. The van der Waals surface area contributed by atoms with Crippen LogP contribution >= 0.6 is 0 Å². The highest BCUT2D eigenvalue weighted by molar-refractivity contribution is 6.69. The molecule has 0 aliphatic carbocycles. The van der Waals surface area contributed by atoms with Crippen molar-refractivity contribution in [1.82, 2.24) is 5.01 Å². The first-order valence-electron chi connectivity index (χ1n) is 4.72. The second kappa shape index (κ2) is 3.68. The molecule has 0 unspecified atom stereocenters. The third-order valence-corrected chi connectivity index (χ3v) is 2.05. The molecule has 0 fully saturated rings. The predicted octanol–water partition coefficient (Wildman–Crippen LogP) is 0.805. The van der Waals surface area contributed by atoms with Gasteiger partial charge in [-0.25, -0.2) is 5.01 Å². The van der Waals surface area contributed by atoms with E-state index in [-0.39, 0.29) is 5.71 Å². The summed E-state index contributed by atoms with van der Waals surface area (Å²) in [5.74, 6) is -0.839. The number of Topliss-reactive ketones (excluding diaryl/α,β-unsaturated/α-hetero) is 1. The molecule has 78 valence electrons. The quantitative estimate of drug-likeness (QED) is 0.687. The van der Waals surface area contributed by atoms with Gasteiger partial charge < -0.3 is 4.42 Å². The third kappa shape index (κ3) is 1.56. The number of hydrazone groups is 1. The summed E-state index contributed by atoms with van der Waals surface area (Å²) in [6.07, 6.45) is 2.20. The number of furan rings is 1. The number of hydrogen-bond donors (Lipinski definition) is 0. The molecular weight excluding hydrogens is 196 g/mol. The topological polar surface area (TPSA) is 62.9 Å². The number of hydrogen-bond acceptors (Lipinski definition) is 4. The smallest absolute Gasteiger partial charge is 0.316 e. The second-order valence-electron chi connectivity index (χ2n) is 3.18. The lowest BCUT2D eigenvalue weighted by molar-refractivity contribution is -0.139. The van der Waals surface area contributed by atoms with Crippen LogP contribution in [-0.2, 0) is 9.59 Å². The van der Waals surface area contributed by atoms with Gasteiger partial charge in [0.15, 0.2) is 11.5 Å². The second-order valence-corrected chi connectivity index (χ2v) is 3.18. The van der Waals surface area contributed by atoms with Crippen LogP contribution in [0.15, 0.2) is 27.9 Å². The Morgan fingerprint density at radius 1 is 1.47 bits per heavy atom. The molecule has 1 aromatic heterocycles. The molecule has 1 aliphatic rings. The summed E-state index contributed by atoms with van der Waals surface area (Å²) >= 11 is 0. The van der Waals surface area contributed by atoms with Crippen molar-refractivity contribution in [3.8, 4) is 0 Å². The molecule has 2 heterocycles. The standard InChI is InChI=1S/C10H10N2O3/c1-2-5-12-10(14)9(13)8(11-12)7-4-3-6-15-7/h3-4,6H,2,5H2,1H3. The van der Waals surface area contributed by atoms with E-state index in [0.717, 1.165) is 6.42 Å². The fraction of sp³-hybridized carbons (Fsp3) is 0.300. The van der Waals surface area contributed by atoms with Crippen molar-refractivity contribution in [3.63, 3.8) is 0 Å². The highest BCUT2D eigenvalue weighted by Crippen LogP contribution is 2.12. The minimum absolute atomic E-state index is 0.0958. The van der Waals surface area contributed by atoms with Gasteiger partial charge in [0.1, 0.15) is 0 Å². The van der Waals surface area contributed by atoms with Crippen molar-refractivity contribution in [2.24, 2.45) is 5.10 Å². The molecule has 0 saturated heterocycles. The maximum atomic E-state index is 11.5. The third-order valence-electron chi connectivity index (χ3n) is 2.05. The van der Waals surface area contributed by atoms with E-state index in [2.05, 4.69) is 5.10 Å². The van der Waals surface area contributed by atoms with Crippen LogP contribution in [0.5, 0.6) is 0 Å². The Morgan fingerprint density at radius 3 is 2.87 bits per heavy atom. The van der Waals surface area contributed by atoms with Crippen molar-refractivity contribution in [3.05, 3.63) is 24.2 Å². The van der Waals surface area contributed by atoms with E-state index in [4.69, 9.17) is 4.42 Å². The maximum Gasteiger partial charge on any atom is 0.316 e. The van der Waals surface area contributed by atoms with E-state index in [1.807, 2.05) is 6.92 Å². The Kier molecular flexibility index (Phi) is 2.37. The average Bonchev–Trinajstić information content (AvgIpc) is 2.82. The van der Waals surface area contributed by atoms with Crippen LogP contribution in [0.2, 0.25) is 0 Å². The molecule has 15 heavy (non-hydrogen) atoms. The number of rotatable bonds is 3. The highest BCUT2D eigenvalue weighted by Gasteiger charge is 2.35. The van der Waals surface area contributed by atoms with Crippen molar-refractivity contribution >= 4 is 17.4 Å². The lowest BCUT2D eigenvalue weighted by atomic mass is 10.2.